The van der Waals surface area contributed by atoms with Gasteiger partial charge in [0.25, 0.3) is 0 Å². The molecule has 1 aromatic carbocycles. The van der Waals surface area contributed by atoms with Crippen LogP contribution in [0.4, 0.5) is 5.13 Å². The Bertz CT molecular complexity index is 1050. The van der Waals surface area contributed by atoms with Gasteiger partial charge in [0.1, 0.15) is 4.88 Å². The molecule has 0 atom stereocenters. The molecule has 0 aliphatic rings. The highest BCUT2D eigenvalue weighted by Crippen LogP contribution is 2.24. The zero-order valence-electron chi connectivity index (χ0n) is 15.9. The molecule has 0 fully saturated rings. The number of rotatable bonds is 7. The van der Waals surface area contributed by atoms with Crippen LogP contribution in [-0.2, 0) is 16.1 Å². The molecule has 1 amide bonds. The van der Waals surface area contributed by atoms with Crippen molar-refractivity contribution in [3.05, 3.63) is 46.6 Å². The number of aryl methyl sites for hydroxylation is 2. The highest BCUT2D eigenvalue weighted by atomic mass is 32.1. The Morgan fingerprint density at radius 1 is 1.25 bits per heavy atom. The Hall–Kier alpha value is -3.00. The number of hydrogen-bond acceptors (Lipinski definition) is 6. The van der Waals surface area contributed by atoms with Crippen LogP contribution in [0.3, 0.4) is 0 Å². The number of fused-ring (bicyclic) bond motifs is 1. The molecule has 0 unspecified atom stereocenters. The third kappa shape index (κ3) is 4.12. The number of ether oxygens (including phenoxy) is 1. The minimum Gasteiger partial charge on any atom is -0.462 e. The number of para-hydroxylation sites is 1. The van der Waals surface area contributed by atoms with Crippen LogP contribution in [0, 0.1) is 6.92 Å². The van der Waals surface area contributed by atoms with Gasteiger partial charge in [-0.2, -0.15) is 0 Å². The molecule has 3 rings (SSSR count). The fourth-order valence-corrected chi connectivity index (χ4v) is 3.83. The summed E-state index contributed by atoms with van der Waals surface area (Å²) < 4.78 is 6.89. The molecule has 146 valence electrons. The third-order valence-corrected chi connectivity index (χ3v) is 5.30. The zero-order valence-corrected chi connectivity index (χ0v) is 16.8. The number of carbonyl (C=O) groups is 3. The predicted octanol–water partition coefficient (Wildman–Crippen LogP) is 3.81. The number of aromatic nitrogens is 2. The molecule has 0 radical (unpaired) electrons. The first-order chi connectivity index (χ1) is 13.4. The standard InChI is InChI=1S/C20H21N3O4S/c1-4-27-19(26)18-12(2)21-20(28-18)22-17(25)9-10-23-11-15(13(3)24)14-7-5-6-8-16(14)23/h5-8,11H,4,9-10H2,1-3H3,(H,21,22,25). The van der Waals surface area contributed by atoms with Crippen molar-refractivity contribution in [2.45, 2.75) is 33.7 Å². The van der Waals surface area contributed by atoms with Gasteiger partial charge in [-0.1, -0.05) is 29.5 Å². The number of nitrogens with zero attached hydrogens (tertiary/aromatic N) is 2. The largest absolute Gasteiger partial charge is 0.462 e. The Labute approximate surface area is 166 Å². The van der Waals surface area contributed by atoms with E-state index in [1.807, 2.05) is 28.8 Å². The van der Waals surface area contributed by atoms with Gasteiger partial charge >= 0.3 is 5.97 Å². The van der Waals surface area contributed by atoms with Crippen molar-refractivity contribution in [3.63, 3.8) is 0 Å². The summed E-state index contributed by atoms with van der Waals surface area (Å²) in [7, 11) is 0. The maximum Gasteiger partial charge on any atom is 0.350 e. The maximum absolute atomic E-state index is 12.3. The lowest BCUT2D eigenvalue weighted by molar-refractivity contribution is -0.116. The van der Waals surface area contributed by atoms with Crippen LogP contribution in [0.1, 0.15) is 46.0 Å². The minimum atomic E-state index is -0.437. The predicted molar refractivity (Wildman–Crippen MR) is 108 cm³/mol. The van der Waals surface area contributed by atoms with E-state index in [1.165, 1.54) is 6.92 Å². The first-order valence-electron chi connectivity index (χ1n) is 8.94. The maximum atomic E-state index is 12.3. The van der Waals surface area contributed by atoms with Crippen molar-refractivity contribution >= 4 is 45.0 Å². The fraction of sp³-hybridized carbons (Fsp3) is 0.300. The number of carbonyl (C=O) groups excluding carboxylic acids is 3. The molecule has 2 heterocycles. The first-order valence-corrected chi connectivity index (χ1v) is 9.75. The van der Waals surface area contributed by atoms with Crippen LogP contribution in [0.25, 0.3) is 10.9 Å². The van der Waals surface area contributed by atoms with E-state index < -0.39 is 5.97 Å². The summed E-state index contributed by atoms with van der Waals surface area (Å²) in [6, 6.07) is 7.61. The zero-order chi connectivity index (χ0) is 20.3. The number of thiazole rings is 1. The van der Waals surface area contributed by atoms with Gasteiger partial charge in [0.15, 0.2) is 10.9 Å². The van der Waals surface area contributed by atoms with Gasteiger partial charge in [-0.05, 0) is 26.8 Å². The van der Waals surface area contributed by atoms with Gasteiger partial charge in [0.05, 0.1) is 12.3 Å². The molecule has 3 aromatic rings. The third-order valence-electron chi connectivity index (χ3n) is 4.25. The molecule has 0 spiro atoms. The van der Waals surface area contributed by atoms with Crippen LogP contribution in [0.15, 0.2) is 30.5 Å². The topological polar surface area (TPSA) is 90.3 Å². The Kier molecular flexibility index (Phi) is 5.89. The SMILES string of the molecule is CCOC(=O)c1sc(NC(=O)CCn2cc(C(C)=O)c3ccccc32)nc1C. The summed E-state index contributed by atoms with van der Waals surface area (Å²) in [5.74, 6) is -0.663. The highest BCUT2D eigenvalue weighted by molar-refractivity contribution is 7.17. The molecule has 0 aliphatic heterocycles. The van der Waals surface area contributed by atoms with Gasteiger partial charge in [-0.3, -0.25) is 9.59 Å². The second-order valence-electron chi connectivity index (χ2n) is 6.26. The van der Waals surface area contributed by atoms with Crippen LogP contribution in [-0.4, -0.2) is 33.8 Å². The molecule has 1 N–H and O–H groups in total. The molecule has 0 bridgehead atoms. The summed E-state index contributed by atoms with van der Waals surface area (Å²) in [4.78, 5) is 40.7. The van der Waals surface area contributed by atoms with E-state index in [9.17, 15) is 14.4 Å². The Balaban J connectivity index is 1.69. The normalized spacial score (nSPS) is 10.8. The van der Waals surface area contributed by atoms with E-state index in [0.717, 1.165) is 22.2 Å². The lowest BCUT2D eigenvalue weighted by Crippen LogP contribution is -2.14. The molecule has 8 heteroatoms. The summed E-state index contributed by atoms with van der Waals surface area (Å²) in [6.45, 7) is 5.68. The molecule has 0 saturated heterocycles. The van der Waals surface area contributed by atoms with Crippen molar-refractivity contribution in [2.24, 2.45) is 0 Å². The van der Waals surface area contributed by atoms with E-state index in [1.54, 1.807) is 20.0 Å². The van der Waals surface area contributed by atoms with Gasteiger partial charge < -0.3 is 14.6 Å². The van der Waals surface area contributed by atoms with Crippen LogP contribution in [0.5, 0.6) is 0 Å². The quantitative estimate of drug-likeness (QED) is 0.482. The smallest absolute Gasteiger partial charge is 0.350 e. The summed E-state index contributed by atoms with van der Waals surface area (Å²) in [6.07, 6.45) is 2.00. The van der Waals surface area contributed by atoms with Crippen molar-refractivity contribution in [3.8, 4) is 0 Å². The molecule has 2 aromatic heterocycles. The number of Topliss-reactive ketones (excluding diaryl/α,β-unsaturated/α-hetero) is 1. The average molecular weight is 399 g/mol. The van der Waals surface area contributed by atoms with Gasteiger partial charge in [-0.15, -0.1) is 0 Å². The molecular weight excluding hydrogens is 378 g/mol. The number of nitrogens with one attached hydrogen (secondary N) is 1. The number of hydrogen-bond donors (Lipinski definition) is 1. The van der Waals surface area contributed by atoms with E-state index in [2.05, 4.69) is 10.3 Å². The molecule has 7 nitrogen and oxygen atoms in total. The second kappa shape index (κ2) is 8.35. The molecule has 0 saturated carbocycles. The van der Waals surface area contributed by atoms with E-state index >= 15 is 0 Å². The van der Waals surface area contributed by atoms with Gasteiger partial charge in [-0.25, -0.2) is 9.78 Å². The number of esters is 1. The highest BCUT2D eigenvalue weighted by Gasteiger charge is 2.18. The van der Waals surface area contributed by atoms with Crippen molar-refractivity contribution in [1.29, 1.82) is 0 Å². The minimum absolute atomic E-state index is 0.0100. The van der Waals surface area contributed by atoms with E-state index in [0.29, 0.717) is 27.8 Å². The van der Waals surface area contributed by atoms with Crippen molar-refractivity contribution in [2.75, 3.05) is 11.9 Å². The van der Waals surface area contributed by atoms with Crippen molar-refractivity contribution < 1.29 is 19.1 Å². The van der Waals surface area contributed by atoms with Crippen LogP contribution in [0.2, 0.25) is 0 Å². The number of anilines is 1. The van der Waals surface area contributed by atoms with Crippen LogP contribution >= 0.6 is 11.3 Å². The van der Waals surface area contributed by atoms with Crippen LogP contribution < -0.4 is 5.32 Å². The van der Waals surface area contributed by atoms with Crippen molar-refractivity contribution in [1.82, 2.24) is 9.55 Å². The number of benzene rings is 1. The summed E-state index contributed by atoms with van der Waals surface area (Å²) in [5, 5.41) is 3.98. The molecule has 28 heavy (non-hydrogen) atoms. The second-order valence-corrected chi connectivity index (χ2v) is 7.26. The van der Waals surface area contributed by atoms with Gasteiger partial charge in [0.2, 0.25) is 5.91 Å². The van der Waals surface area contributed by atoms with E-state index in [-0.39, 0.29) is 24.7 Å². The lowest BCUT2D eigenvalue weighted by Gasteiger charge is -2.05. The number of ketones is 1. The molecular formula is C20H21N3O4S. The van der Waals surface area contributed by atoms with Gasteiger partial charge in [0, 0.05) is 35.6 Å². The Morgan fingerprint density at radius 3 is 2.71 bits per heavy atom. The summed E-state index contributed by atoms with van der Waals surface area (Å²) in [5.41, 5.74) is 2.09. The molecule has 0 aliphatic carbocycles. The first kappa shape index (κ1) is 19.8. The monoisotopic (exact) mass is 399 g/mol. The fourth-order valence-electron chi connectivity index (χ4n) is 2.95. The number of amides is 1. The van der Waals surface area contributed by atoms with E-state index in [4.69, 9.17) is 4.74 Å². The lowest BCUT2D eigenvalue weighted by atomic mass is 10.1. The Morgan fingerprint density at radius 2 is 2.00 bits per heavy atom. The summed E-state index contributed by atoms with van der Waals surface area (Å²) >= 11 is 1.10. The average Bonchev–Trinajstić information content (AvgIpc) is 3.21.